The van der Waals surface area contributed by atoms with Gasteiger partial charge in [-0.25, -0.2) is 0 Å². The summed E-state index contributed by atoms with van der Waals surface area (Å²) in [6.45, 7) is 1.11. The van der Waals surface area contributed by atoms with Gasteiger partial charge in [0.15, 0.2) is 0 Å². The minimum atomic E-state index is 0.253. The average molecular weight is 262 g/mol. The van der Waals surface area contributed by atoms with E-state index in [2.05, 4.69) is 5.23 Å². The highest BCUT2D eigenvalue weighted by atomic mass is 31.1. The Hall–Kier alpha value is 0.520. The van der Waals surface area contributed by atoms with Crippen LogP contribution in [0.25, 0.3) is 0 Å². The van der Waals surface area contributed by atoms with Gasteiger partial charge in [-0.2, -0.15) is 0 Å². The van der Waals surface area contributed by atoms with Crippen LogP contribution in [-0.4, -0.2) is 39.1 Å². The summed E-state index contributed by atoms with van der Waals surface area (Å²) in [5.41, 5.74) is 2.16. The maximum atomic E-state index is 5.44. The van der Waals surface area contributed by atoms with Crippen molar-refractivity contribution in [3.8, 4) is 0 Å². The Bertz CT molecular complexity index is 198. The van der Waals surface area contributed by atoms with Gasteiger partial charge in [-0.3, -0.25) is 0 Å². The Kier molecular flexibility index (Phi) is 7.16. The van der Waals surface area contributed by atoms with Crippen molar-refractivity contribution in [2.45, 2.75) is 75.5 Å². The third-order valence-corrected chi connectivity index (χ3v) is 8.37. The highest BCUT2D eigenvalue weighted by Gasteiger charge is 2.30. The molecule has 1 nitrogen and oxygen atoms in total. The minimum absolute atomic E-state index is 0.253. The summed E-state index contributed by atoms with van der Waals surface area (Å²) >= 11 is 0. The first-order valence-electron chi connectivity index (χ1n) is 7.94. The van der Waals surface area contributed by atoms with E-state index in [1.165, 1.54) is 70.4 Å². The lowest BCUT2D eigenvalue weighted by atomic mass is 9.67. The van der Waals surface area contributed by atoms with Crippen LogP contribution in [0.3, 0.4) is 0 Å². The van der Waals surface area contributed by atoms with E-state index in [0.29, 0.717) is 0 Å². The molecule has 99 valence electrons. The third kappa shape index (κ3) is 4.57. The molecule has 0 atom stereocenters. The van der Waals surface area contributed by atoms with E-state index in [-0.39, 0.29) is 7.92 Å². The molecule has 2 fully saturated rings. The third-order valence-electron chi connectivity index (χ3n) is 4.72. The first kappa shape index (κ1) is 14.9. The predicted molar refractivity (Wildman–Crippen MR) is 85.0 cm³/mol. The lowest BCUT2D eigenvalue weighted by Crippen LogP contribution is -2.28. The number of hydrogen-bond donors (Lipinski definition) is 1. The summed E-state index contributed by atoms with van der Waals surface area (Å²) in [5.74, 6) is 0. The molecule has 0 heterocycles. The quantitative estimate of drug-likeness (QED) is 0.439. The van der Waals surface area contributed by atoms with Crippen molar-refractivity contribution >= 4 is 23.0 Å². The van der Waals surface area contributed by atoms with Gasteiger partial charge in [0.25, 0.3) is 0 Å². The molecule has 2 aliphatic rings. The molecule has 0 saturated heterocycles. The van der Waals surface area contributed by atoms with Crippen LogP contribution in [-0.2, 0) is 0 Å². The largest absolute Gasteiger partial charge is 0.369 e. The van der Waals surface area contributed by atoms with E-state index < -0.39 is 0 Å². The smallest absolute Gasteiger partial charge is 0.144 e. The van der Waals surface area contributed by atoms with Crippen molar-refractivity contribution in [2.24, 2.45) is 0 Å². The molecule has 2 aliphatic carbocycles. The predicted octanol–water partition coefficient (Wildman–Crippen LogP) is 3.43. The number of nitrogens with one attached hydrogen (secondary N) is 1. The van der Waals surface area contributed by atoms with Gasteiger partial charge in [-0.15, -0.1) is 0 Å². The van der Waals surface area contributed by atoms with Crippen LogP contribution >= 0.6 is 7.92 Å². The van der Waals surface area contributed by atoms with Crippen LogP contribution in [0.15, 0.2) is 0 Å². The molecule has 0 aromatic carbocycles. The molecule has 0 aliphatic heterocycles. The van der Waals surface area contributed by atoms with E-state index in [4.69, 9.17) is 7.74 Å². The highest BCUT2D eigenvalue weighted by Crippen LogP contribution is 2.55. The number of hydrogen-bond acceptors (Lipinski definition) is 1. The Morgan fingerprint density at radius 2 is 1.39 bits per heavy atom. The van der Waals surface area contributed by atoms with Gasteiger partial charge in [0.05, 0.1) is 0 Å². The maximum absolute atomic E-state index is 5.44. The molecule has 0 unspecified atom stereocenters. The molecule has 1 N–H and O–H groups in total. The molecule has 18 heavy (non-hydrogen) atoms. The Morgan fingerprint density at radius 3 is 1.83 bits per heavy atom. The molecule has 0 amide bonds. The molecule has 0 bridgehead atoms. The van der Waals surface area contributed by atoms with Crippen LogP contribution in [0.4, 0.5) is 0 Å². The molecule has 2 rings (SSSR count). The highest BCUT2D eigenvalue weighted by molar-refractivity contribution is 7.59. The van der Waals surface area contributed by atoms with Crippen LogP contribution in [0.1, 0.15) is 64.2 Å². The van der Waals surface area contributed by atoms with Crippen LogP contribution in [0.2, 0.25) is 0 Å². The average Bonchev–Trinajstić information content (AvgIpc) is 2.46. The fourth-order valence-electron chi connectivity index (χ4n) is 3.77. The monoisotopic (exact) mass is 262 g/mol. The van der Waals surface area contributed by atoms with E-state index in [0.717, 1.165) is 17.9 Å². The lowest BCUT2D eigenvalue weighted by molar-refractivity contribution is 0.484. The van der Waals surface area contributed by atoms with Gasteiger partial charge in [0.1, 0.15) is 7.31 Å². The molecule has 4 heteroatoms. The van der Waals surface area contributed by atoms with Gasteiger partial charge >= 0.3 is 0 Å². The Labute approximate surface area is 117 Å². The second-order valence-corrected chi connectivity index (χ2v) is 8.88. The number of rotatable bonds is 6. The van der Waals surface area contributed by atoms with E-state index in [1.807, 2.05) is 0 Å². The summed E-state index contributed by atoms with van der Waals surface area (Å²) in [6, 6.07) is 0. The molecule has 3 radical (unpaired) electrons. The zero-order valence-electron chi connectivity index (χ0n) is 11.7. The van der Waals surface area contributed by atoms with Crippen molar-refractivity contribution in [1.29, 1.82) is 0 Å². The minimum Gasteiger partial charge on any atom is -0.369 e. The van der Waals surface area contributed by atoms with Crippen molar-refractivity contribution in [3.63, 3.8) is 0 Å². The van der Waals surface area contributed by atoms with Gasteiger partial charge < -0.3 is 5.23 Å². The second-order valence-electron chi connectivity index (χ2n) is 5.94. The van der Waals surface area contributed by atoms with Crippen molar-refractivity contribution in [2.75, 3.05) is 12.7 Å². The summed E-state index contributed by atoms with van der Waals surface area (Å²) in [6.07, 6.45) is 16.4. The summed E-state index contributed by atoms with van der Waals surface area (Å²) < 4.78 is 0. The molecular weight excluding hydrogens is 235 g/mol. The first-order chi connectivity index (χ1) is 8.92. The van der Waals surface area contributed by atoms with Crippen molar-refractivity contribution in [1.82, 2.24) is 5.23 Å². The van der Waals surface area contributed by atoms with Gasteiger partial charge in [-0.05, 0) is 49.7 Å². The Balaban J connectivity index is 1.87. The summed E-state index contributed by atoms with van der Waals surface area (Å²) in [5, 5.41) is 3.23. The second kappa shape index (κ2) is 8.64. The molecule has 2 saturated carbocycles. The van der Waals surface area contributed by atoms with E-state index in [1.54, 1.807) is 7.31 Å². The summed E-state index contributed by atoms with van der Waals surface area (Å²) in [4.78, 5) is 0. The van der Waals surface area contributed by atoms with Crippen molar-refractivity contribution in [3.05, 3.63) is 0 Å². The lowest BCUT2D eigenvalue weighted by Gasteiger charge is -2.38. The van der Waals surface area contributed by atoms with E-state index >= 15 is 0 Å². The SMILES string of the molecule is [B][B]NCCP(C1CCCCC1)C1CCCCC1. The summed E-state index contributed by atoms with van der Waals surface area (Å²) in [7, 11) is 7.32. The zero-order valence-corrected chi connectivity index (χ0v) is 12.6. The van der Waals surface area contributed by atoms with Crippen LogP contribution in [0, 0.1) is 0 Å². The molecule has 0 spiro atoms. The van der Waals surface area contributed by atoms with Crippen molar-refractivity contribution < 1.29 is 0 Å². The van der Waals surface area contributed by atoms with Gasteiger partial charge in [0, 0.05) is 7.74 Å². The van der Waals surface area contributed by atoms with Crippen LogP contribution < -0.4 is 5.23 Å². The van der Waals surface area contributed by atoms with Gasteiger partial charge in [-0.1, -0.05) is 46.4 Å². The maximum Gasteiger partial charge on any atom is 0.144 e. The first-order valence-corrected chi connectivity index (χ1v) is 9.61. The Morgan fingerprint density at radius 1 is 0.889 bits per heavy atom. The standard InChI is InChI=1S/C14H27B2NP/c15-16-17-11-12-18(13-7-3-1-4-8-13)14-9-5-2-6-10-14/h13-14,17H,1-12H2. The topological polar surface area (TPSA) is 12.0 Å². The fourth-order valence-corrected chi connectivity index (χ4v) is 7.54. The van der Waals surface area contributed by atoms with Gasteiger partial charge in [0.2, 0.25) is 0 Å². The molecule has 0 aromatic rings. The molecular formula is C14H27B2NP. The fraction of sp³-hybridized carbons (Fsp3) is 1.00. The molecule has 0 aromatic heterocycles. The zero-order chi connectivity index (χ0) is 12.6. The normalized spacial score (nSPS) is 23.4. The van der Waals surface area contributed by atoms with Crippen LogP contribution in [0.5, 0.6) is 0 Å². The van der Waals surface area contributed by atoms with E-state index in [9.17, 15) is 0 Å².